The third-order valence-corrected chi connectivity index (χ3v) is 7.90. The van der Waals surface area contributed by atoms with Crippen molar-refractivity contribution in [2.45, 2.75) is 52.0 Å². The number of carbonyl (C=O) groups is 1. The van der Waals surface area contributed by atoms with Crippen molar-refractivity contribution in [2.24, 2.45) is 5.92 Å². The molecule has 39 heavy (non-hydrogen) atoms. The van der Waals surface area contributed by atoms with Gasteiger partial charge in [0.15, 0.2) is 11.6 Å². The molecule has 8 heteroatoms. The van der Waals surface area contributed by atoms with E-state index in [1.165, 1.54) is 11.6 Å². The maximum atomic E-state index is 14.1. The average Bonchev–Trinajstić information content (AvgIpc) is 3.15. The Bertz CT molecular complexity index is 1210. The lowest BCUT2D eigenvalue weighted by Gasteiger charge is -2.36. The second-order valence-electron chi connectivity index (χ2n) is 10.4. The summed E-state index contributed by atoms with van der Waals surface area (Å²) in [5, 5.41) is 6.51. The summed E-state index contributed by atoms with van der Waals surface area (Å²) in [6, 6.07) is 2.88. The molecule has 0 aromatic heterocycles. The van der Waals surface area contributed by atoms with Gasteiger partial charge >= 0.3 is 6.03 Å². The molecule has 5 nitrogen and oxygen atoms in total. The minimum absolute atomic E-state index is 0.184. The number of benzene rings is 1. The third-order valence-electron chi connectivity index (χ3n) is 7.90. The van der Waals surface area contributed by atoms with Crippen LogP contribution in [0.15, 0.2) is 76.9 Å². The number of likely N-dealkylation sites (tertiary alicyclic amines) is 1. The molecule has 2 N–H and O–H groups in total. The van der Waals surface area contributed by atoms with Gasteiger partial charge in [0.1, 0.15) is 5.83 Å². The quantitative estimate of drug-likeness (QED) is 0.345. The van der Waals surface area contributed by atoms with Gasteiger partial charge in [-0.05, 0) is 94.4 Å². The van der Waals surface area contributed by atoms with E-state index in [1.54, 1.807) is 24.1 Å². The topological polar surface area (TPSA) is 47.6 Å². The summed E-state index contributed by atoms with van der Waals surface area (Å²) in [5.41, 5.74) is 4.32. The predicted octanol–water partition coefficient (Wildman–Crippen LogP) is 6.66. The molecule has 1 aromatic rings. The molecule has 0 saturated carbocycles. The highest BCUT2D eigenvalue weighted by molar-refractivity contribution is 5.79. The predicted molar refractivity (Wildman–Crippen MR) is 149 cm³/mol. The normalized spacial score (nSPS) is 21.5. The Balaban J connectivity index is 1.36. The summed E-state index contributed by atoms with van der Waals surface area (Å²) in [6.07, 6.45) is 13.8. The van der Waals surface area contributed by atoms with Crippen LogP contribution in [0, 0.1) is 17.6 Å². The van der Waals surface area contributed by atoms with Crippen LogP contribution in [0.4, 0.5) is 18.0 Å². The lowest BCUT2D eigenvalue weighted by atomic mass is 9.87. The van der Waals surface area contributed by atoms with Crippen LogP contribution in [0.25, 0.3) is 0 Å². The number of urea groups is 1. The Kier molecular flexibility index (Phi) is 9.73. The number of nitrogens with one attached hydrogen (secondary N) is 2. The van der Waals surface area contributed by atoms with Gasteiger partial charge in [-0.2, -0.15) is 0 Å². The van der Waals surface area contributed by atoms with Gasteiger partial charge < -0.3 is 20.4 Å². The first-order valence-electron chi connectivity index (χ1n) is 13.9. The molecule has 2 heterocycles. The van der Waals surface area contributed by atoms with Crippen LogP contribution in [0.5, 0.6) is 0 Å². The van der Waals surface area contributed by atoms with Crippen LogP contribution in [0.1, 0.15) is 57.6 Å². The van der Waals surface area contributed by atoms with Gasteiger partial charge in [0.05, 0.1) is 6.04 Å². The molecule has 0 spiro atoms. The second-order valence-corrected chi connectivity index (χ2v) is 10.4. The Hall–Kier alpha value is -3.26. The smallest absolute Gasteiger partial charge is 0.322 e. The van der Waals surface area contributed by atoms with E-state index in [-0.39, 0.29) is 11.9 Å². The Morgan fingerprint density at radius 3 is 2.64 bits per heavy atom. The first-order valence-corrected chi connectivity index (χ1v) is 13.9. The van der Waals surface area contributed by atoms with Gasteiger partial charge in [-0.3, -0.25) is 0 Å². The van der Waals surface area contributed by atoms with Gasteiger partial charge in [-0.25, -0.2) is 18.0 Å². The third kappa shape index (κ3) is 7.04. The largest absolute Gasteiger partial charge is 0.385 e. The number of carbonyl (C=O) groups excluding carboxylic acids is 1. The number of amides is 2. The molecular formula is C31H39F3N4O. The molecule has 4 rings (SSSR count). The van der Waals surface area contributed by atoms with Crippen molar-refractivity contribution in [1.29, 1.82) is 0 Å². The van der Waals surface area contributed by atoms with Crippen LogP contribution in [0.2, 0.25) is 0 Å². The minimum atomic E-state index is -0.939. The number of hydrogen-bond acceptors (Lipinski definition) is 3. The van der Waals surface area contributed by atoms with Crippen LogP contribution in [0.3, 0.4) is 0 Å². The molecule has 1 saturated heterocycles. The number of allylic oxidation sites excluding steroid dienone is 8. The molecule has 1 atom stereocenters. The number of halogens is 3. The zero-order valence-electron chi connectivity index (χ0n) is 23.1. The highest BCUT2D eigenvalue weighted by Gasteiger charge is 2.32. The Labute approximate surface area is 229 Å². The second kappa shape index (κ2) is 13.2. The molecule has 0 radical (unpaired) electrons. The summed E-state index contributed by atoms with van der Waals surface area (Å²) in [6.45, 7) is 7.67. The summed E-state index contributed by atoms with van der Waals surface area (Å²) >= 11 is 0. The number of rotatable bonds is 9. The molecule has 1 fully saturated rings. The van der Waals surface area contributed by atoms with E-state index < -0.39 is 17.7 Å². The summed E-state index contributed by atoms with van der Waals surface area (Å²) < 4.78 is 41.2. The molecule has 2 aliphatic heterocycles. The van der Waals surface area contributed by atoms with E-state index in [0.29, 0.717) is 11.5 Å². The van der Waals surface area contributed by atoms with Crippen molar-refractivity contribution in [3.63, 3.8) is 0 Å². The lowest BCUT2D eigenvalue weighted by molar-refractivity contribution is 0.196. The molecular weight excluding hydrogens is 501 g/mol. The van der Waals surface area contributed by atoms with Crippen molar-refractivity contribution in [3.05, 3.63) is 94.1 Å². The van der Waals surface area contributed by atoms with Crippen LogP contribution < -0.4 is 10.6 Å². The zero-order valence-corrected chi connectivity index (χ0v) is 23.1. The highest BCUT2D eigenvalue weighted by Crippen LogP contribution is 2.34. The average molecular weight is 541 g/mol. The Morgan fingerprint density at radius 1 is 1.15 bits per heavy atom. The van der Waals surface area contributed by atoms with Crippen molar-refractivity contribution in [3.8, 4) is 0 Å². The zero-order chi connectivity index (χ0) is 27.9. The van der Waals surface area contributed by atoms with Gasteiger partial charge in [0, 0.05) is 30.6 Å². The fourth-order valence-corrected chi connectivity index (χ4v) is 5.58. The highest BCUT2D eigenvalue weighted by atomic mass is 19.2. The molecule has 1 unspecified atom stereocenters. The van der Waals surface area contributed by atoms with E-state index in [2.05, 4.69) is 21.6 Å². The number of piperidine rings is 1. The first kappa shape index (κ1) is 28.7. The number of nitrogens with zero attached hydrogens (tertiary/aromatic N) is 2. The Morgan fingerprint density at radius 2 is 1.92 bits per heavy atom. The maximum Gasteiger partial charge on any atom is 0.322 e. The van der Waals surface area contributed by atoms with Crippen LogP contribution >= 0.6 is 0 Å². The van der Waals surface area contributed by atoms with Gasteiger partial charge in [0.25, 0.3) is 0 Å². The van der Waals surface area contributed by atoms with Gasteiger partial charge in [0.2, 0.25) is 0 Å². The monoisotopic (exact) mass is 540 g/mol. The van der Waals surface area contributed by atoms with E-state index in [0.717, 1.165) is 87.4 Å². The maximum absolute atomic E-state index is 14.1. The van der Waals surface area contributed by atoms with E-state index >= 15 is 0 Å². The van der Waals surface area contributed by atoms with Crippen molar-refractivity contribution in [1.82, 2.24) is 20.4 Å². The summed E-state index contributed by atoms with van der Waals surface area (Å²) in [4.78, 5) is 16.6. The van der Waals surface area contributed by atoms with Crippen LogP contribution in [-0.4, -0.2) is 49.1 Å². The first-order chi connectivity index (χ1) is 18.8. The standard InChI is InChI=1S/C31H39F3N4O/c1-4-7-28(29-21(2)37(3)31(39)36-30(29)24-11-13-26(33)27(34)20-24)35-16-6-17-38-18-14-23(15-19-38)22-8-5-9-25(32)12-10-22/h5,7,9-13,20,23,30,35H,4,6,8,14-19H2,1-3H3,(H,36,39)/b28-7-. The van der Waals surface area contributed by atoms with E-state index in [9.17, 15) is 18.0 Å². The number of hydrogen-bond donors (Lipinski definition) is 2. The van der Waals surface area contributed by atoms with Crippen molar-refractivity contribution in [2.75, 3.05) is 33.2 Å². The summed E-state index contributed by atoms with van der Waals surface area (Å²) in [7, 11) is 1.70. The lowest BCUT2D eigenvalue weighted by Crippen LogP contribution is -2.46. The van der Waals surface area contributed by atoms with Gasteiger partial charge in [-0.1, -0.05) is 36.8 Å². The molecule has 2 amide bonds. The van der Waals surface area contributed by atoms with Gasteiger partial charge in [-0.15, -0.1) is 0 Å². The fraction of sp³-hybridized carbons (Fsp3) is 0.452. The van der Waals surface area contributed by atoms with E-state index in [4.69, 9.17) is 0 Å². The molecule has 1 aromatic carbocycles. The van der Waals surface area contributed by atoms with E-state index in [1.807, 2.05) is 26.0 Å². The fourth-order valence-electron chi connectivity index (χ4n) is 5.58. The van der Waals surface area contributed by atoms with Crippen molar-refractivity contribution >= 4 is 6.03 Å². The molecule has 0 bridgehead atoms. The molecule has 1 aliphatic carbocycles. The molecule has 3 aliphatic rings. The minimum Gasteiger partial charge on any atom is -0.385 e. The molecule has 210 valence electrons. The summed E-state index contributed by atoms with van der Waals surface area (Å²) in [5.74, 6) is -1.53. The van der Waals surface area contributed by atoms with Crippen molar-refractivity contribution < 1.29 is 18.0 Å². The van der Waals surface area contributed by atoms with Crippen LogP contribution in [-0.2, 0) is 0 Å². The SMILES string of the molecule is CC/C=C(\NCCCN1CCC(C2=CC=C(F)C=CC2)CC1)C1=C(C)N(C)C(=O)NC1c1ccc(F)c(F)c1.